The van der Waals surface area contributed by atoms with E-state index in [-0.39, 0.29) is 18.0 Å². The molecule has 1 aliphatic heterocycles. The van der Waals surface area contributed by atoms with Crippen LogP contribution < -0.4 is 14.9 Å². The fourth-order valence-corrected chi connectivity index (χ4v) is 4.05. The molecule has 160 valence electrons. The molecule has 0 aliphatic carbocycles. The number of hydrogen-bond donors (Lipinski definition) is 2. The molecule has 2 N–H and O–H groups in total. The second-order valence-corrected chi connectivity index (χ2v) is 10.1. The second kappa shape index (κ2) is 10.4. The van der Waals surface area contributed by atoms with Crippen LogP contribution in [0.1, 0.15) is 47.0 Å². The van der Waals surface area contributed by atoms with Gasteiger partial charge >= 0.3 is 0 Å². The van der Waals surface area contributed by atoms with Gasteiger partial charge in [-0.25, -0.2) is 17.5 Å². The van der Waals surface area contributed by atoms with E-state index in [9.17, 15) is 12.8 Å². The number of hydrogen-bond acceptors (Lipinski definition) is 5. The van der Waals surface area contributed by atoms with Gasteiger partial charge in [-0.1, -0.05) is 6.42 Å². The summed E-state index contributed by atoms with van der Waals surface area (Å²) in [6.45, 7) is 9.90. The summed E-state index contributed by atoms with van der Waals surface area (Å²) in [5, 5.41) is 2.83. The van der Waals surface area contributed by atoms with E-state index in [1.54, 1.807) is 13.8 Å². The highest BCUT2D eigenvalue weighted by Gasteiger charge is 2.24. The van der Waals surface area contributed by atoms with Crippen LogP contribution in [-0.2, 0) is 14.8 Å². The van der Waals surface area contributed by atoms with Gasteiger partial charge in [0, 0.05) is 31.9 Å². The van der Waals surface area contributed by atoms with E-state index >= 15 is 0 Å². The van der Waals surface area contributed by atoms with Gasteiger partial charge in [-0.3, -0.25) is 0 Å². The third kappa shape index (κ3) is 6.90. The molecule has 8 heteroatoms. The van der Waals surface area contributed by atoms with E-state index in [0.717, 1.165) is 31.5 Å². The van der Waals surface area contributed by atoms with E-state index in [1.807, 2.05) is 30.9 Å². The Bertz CT molecular complexity index is 717. The van der Waals surface area contributed by atoms with Crippen LogP contribution in [0.3, 0.4) is 0 Å². The van der Waals surface area contributed by atoms with Crippen molar-refractivity contribution in [2.75, 3.05) is 36.4 Å². The highest BCUT2D eigenvalue weighted by Crippen LogP contribution is 2.26. The first kappa shape index (κ1) is 22.9. The van der Waals surface area contributed by atoms with Crippen molar-refractivity contribution in [2.45, 2.75) is 64.4 Å². The molecule has 0 spiro atoms. The molecular weight excluding hydrogens is 381 g/mol. The zero-order chi connectivity index (χ0) is 20.7. The lowest BCUT2D eigenvalue weighted by atomic mass is 10.1. The van der Waals surface area contributed by atoms with Crippen molar-refractivity contribution in [1.82, 2.24) is 4.72 Å². The summed E-state index contributed by atoms with van der Waals surface area (Å²) in [6.07, 6.45) is 2.76. The summed E-state index contributed by atoms with van der Waals surface area (Å²) in [5.74, 6) is -0.227. The smallest absolute Gasteiger partial charge is 0.213 e. The van der Waals surface area contributed by atoms with Gasteiger partial charge in [-0.15, -0.1) is 0 Å². The largest absolute Gasteiger partial charge is 0.385 e. The average Bonchev–Trinajstić information content (AvgIpc) is 2.60. The van der Waals surface area contributed by atoms with Gasteiger partial charge in [0.1, 0.15) is 5.82 Å². The summed E-state index contributed by atoms with van der Waals surface area (Å²) < 4.78 is 46.2. The van der Waals surface area contributed by atoms with Gasteiger partial charge < -0.3 is 15.0 Å². The number of rotatable bonds is 10. The van der Waals surface area contributed by atoms with Crippen molar-refractivity contribution < 1.29 is 17.5 Å². The van der Waals surface area contributed by atoms with Crippen LogP contribution in [0.4, 0.5) is 15.8 Å². The standard InChI is InChI=1S/C20H34FN3O3S/c1-15(2)28(25,26)23-11-7-5-6-10-22-18-8-9-20(19(21)12-18)24-13-16(3)27-17(4)14-24/h8-9,12,15-17,22-23H,5-7,10-11,13-14H2,1-4H3/t16-,17+. The van der Waals surface area contributed by atoms with E-state index < -0.39 is 15.3 Å². The third-order valence-corrected chi connectivity index (χ3v) is 6.66. The molecule has 1 aromatic rings. The number of benzene rings is 1. The predicted octanol–water partition coefficient (Wildman–Crippen LogP) is 3.35. The molecule has 28 heavy (non-hydrogen) atoms. The second-order valence-electron chi connectivity index (χ2n) is 7.80. The zero-order valence-corrected chi connectivity index (χ0v) is 18.2. The molecular formula is C20H34FN3O3S. The number of sulfonamides is 1. The molecule has 2 atom stereocenters. The van der Waals surface area contributed by atoms with Gasteiger partial charge in [0.15, 0.2) is 0 Å². The monoisotopic (exact) mass is 415 g/mol. The molecule has 0 aromatic heterocycles. The van der Waals surface area contributed by atoms with Crippen LogP contribution in [0.25, 0.3) is 0 Å². The number of ether oxygens (including phenoxy) is 1. The minimum Gasteiger partial charge on any atom is -0.385 e. The quantitative estimate of drug-likeness (QED) is 0.574. The van der Waals surface area contributed by atoms with Crippen molar-refractivity contribution in [3.05, 3.63) is 24.0 Å². The minimum atomic E-state index is -3.18. The Kier molecular flexibility index (Phi) is 8.52. The molecule has 1 saturated heterocycles. The molecule has 2 rings (SSSR count). The Morgan fingerprint density at radius 1 is 1.14 bits per heavy atom. The first-order chi connectivity index (χ1) is 13.2. The fraction of sp³-hybridized carbons (Fsp3) is 0.700. The maximum absolute atomic E-state index is 14.6. The van der Waals surface area contributed by atoms with Crippen molar-refractivity contribution in [3.8, 4) is 0 Å². The number of anilines is 2. The predicted molar refractivity (Wildman–Crippen MR) is 113 cm³/mol. The first-order valence-electron chi connectivity index (χ1n) is 10.1. The maximum Gasteiger partial charge on any atom is 0.213 e. The Balaban J connectivity index is 1.72. The lowest BCUT2D eigenvalue weighted by molar-refractivity contribution is -0.00539. The molecule has 0 unspecified atom stereocenters. The summed E-state index contributed by atoms with van der Waals surface area (Å²) >= 11 is 0. The number of morpholine rings is 1. The summed E-state index contributed by atoms with van der Waals surface area (Å²) in [7, 11) is -3.18. The lowest BCUT2D eigenvalue weighted by Crippen LogP contribution is -2.45. The molecule has 0 bridgehead atoms. The van der Waals surface area contributed by atoms with Crippen molar-refractivity contribution in [2.24, 2.45) is 0 Å². The topological polar surface area (TPSA) is 70.7 Å². The number of halogens is 1. The van der Waals surface area contributed by atoms with Gasteiger partial charge in [-0.05, 0) is 58.7 Å². The highest BCUT2D eigenvalue weighted by atomic mass is 32.2. The molecule has 1 aromatic carbocycles. The van der Waals surface area contributed by atoms with Crippen molar-refractivity contribution in [3.63, 3.8) is 0 Å². The van der Waals surface area contributed by atoms with Crippen LogP contribution in [-0.4, -0.2) is 52.1 Å². The van der Waals surface area contributed by atoms with Crippen LogP contribution in [0.15, 0.2) is 18.2 Å². The number of nitrogens with one attached hydrogen (secondary N) is 2. The Hall–Kier alpha value is -1.38. The van der Waals surface area contributed by atoms with Crippen LogP contribution in [0.5, 0.6) is 0 Å². The highest BCUT2D eigenvalue weighted by molar-refractivity contribution is 7.90. The number of unbranched alkanes of at least 4 members (excludes halogenated alkanes) is 2. The van der Waals surface area contributed by atoms with Crippen molar-refractivity contribution in [1.29, 1.82) is 0 Å². The third-order valence-electron chi connectivity index (χ3n) is 4.81. The molecule has 0 radical (unpaired) electrons. The van der Waals surface area contributed by atoms with Crippen molar-refractivity contribution >= 4 is 21.4 Å². The van der Waals surface area contributed by atoms with E-state index in [1.165, 1.54) is 6.07 Å². The Morgan fingerprint density at radius 3 is 2.39 bits per heavy atom. The van der Waals surface area contributed by atoms with E-state index in [0.29, 0.717) is 25.3 Å². The fourth-order valence-electron chi connectivity index (χ4n) is 3.29. The van der Waals surface area contributed by atoms with Gasteiger partial charge in [-0.2, -0.15) is 0 Å². The molecule has 0 amide bonds. The van der Waals surface area contributed by atoms with E-state index in [2.05, 4.69) is 10.0 Å². The first-order valence-corrected chi connectivity index (χ1v) is 11.7. The SMILES string of the molecule is CC(C)S(=O)(=O)NCCCCCNc1ccc(N2C[C@@H](C)O[C@@H](C)C2)c(F)c1. The molecule has 1 heterocycles. The van der Waals surface area contributed by atoms with Crippen LogP contribution >= 0.6 is 0 Å². The Morgan fingerprint density at radius 2 is 1.79 bits per heavy atom. The molecule has 6 nitrogen and oxygen atoms in total. The van der Waals surface area contributed by atoms with Gasteiger partial charge in [0.25, 0.3) is 0 Å². The Labute approximate surface area is 168 Å². The summed E-state index contributed by atoms with van der Waals surface area (Å²) in [4.78, 5) is 2.04. The summed E-state index contributed by atoms with van der Waals surface area (Å²) in [5.41, 5.74) is 1.38. The van der Waals surface area contributed by atoms with Gasteiger partial charge in [0.2, 0.25) is 10.0 Å². The minimum absolute atomic E-state index is 0.0889. The molecule has 1 fully saturated rings. The van der Waals surface area contributed by atoms with Crippen LogP contribution in [0.2, 0.25) is 0 Å². The average molecular weight is 416 g/mol. The van der Waals surface area contributed by atoms with E-state index in [4.69, 9.17) is 4.74 Å². The lowest BCUT2D eigenvalue weighted by Gasteiger charge is -2.37. The molecule has 0 saturated carbocycles. The number of nitrogens with zero attached hydrogens (tertiary/aromatic N) is 1. The van der Waals surface area contributed by atoms with Gasteiger partial charge in [0.05, 0.1) is 23.1 Å². The van der Waals surface area contributed by atoms with Crippen LogP contribution in [0, 0.1) is 5.82 Å². The normalized spacial score (nSPS) is 20.6. The molecule has 1 aliphatic rings. The maximum atomic E-state index is 14.6. The summed E-state index contributed by atoms with van der Waals surface area (Å²) in [6, 6.07) is 5.26. The zero-order valence-electron chi connectivity index (χ0n) is 17.4.